The fraction of sp³-hybridized carbons (Fsp3) is 0.231. The second kappa shape index (κ2) is 5.59. The summed E-state index contributed by atoms with van der Waals surface area (Å²) in [4.78, 5) is 4.36. The van der Waals surface area contributed by atoms with E-state index in [0.29, 0.717) is 17.0 Å². The van der Waals surface area contributed by atoms with E-state index in [9.17, 15) is 4.39 Å². The van der Waals surface area contributed by atoms with E-state index in [1.54, 1.807) is 12.1 Å². The van der Waals surface area contributed by atoms with Crippen LogP contribution in [0.3, 0.4) is 0 Å². The molecule has 1 aromatic heterocycles. The van der Waals surface area contributed by atoms with Crippen LogP contribution in [0.2, 0.25) is 0 Å². The Morgan fingerprint density at radius 3 is 3.00 bits per heavy atom. The third-order valence-corrected chi connectivity index (χ3v) is 3.99. The van der Waals surface area contributed by atoms with Crippen molar-refractivity contribution in [1.82, 2.24) is 4.98 Å². The maximum atomic E-state index is 13.7. The van der Waals surface area contributed by atoms with Crippen molar-refractivity contribution in [2.75, 3.05) is 0 Å². The van der Waals surface area contributed by atoms with Gasteiger partial charge in [0.25, 0.3) is 0 Å². The molecule has 0 fully saturated rings. The van der Waals surface area contributed by atoms with Crippen LogP contribution in [0.5, 0.6) is 0 Å². The van der Waals surface area contributed by atoms with Gasteiger partial charge in [0.15, 0.2) is 0 Å². The first kappa shape index (κ1) is 13.2. The van der Waals surface area contributed by atoms with Crippen LogP contribution in [0.15, 0.2) is 28.1 Å². The molecule has 0 spiro atoms. The van der Waals surface area contributed by atoms with Gasteiger partial charge in [-0.3, -0.25) is 0 Å². The van der Waals surface area contributed by atoms with Gasteiger partial charge in [0.1, 0.15) is 10.8 Å². The van der Waals surface area contributed by atoms with Crippen LogP contribution < -0.4 is 0 Å². The minimum absolute atomic E-state index is 0.217. The average Bonchev–Trinajstić information content (AvgIpc) is 2.83. The molecule has 18 heavy (non-hydrogen) atoms. The summed E-state index contributed by atoms with van der Waals surface area (Å²) in [5.74, 6) is -0.519. The lowest BCUT2D eigenvalue weighted by Crippen LogP contribution is -1.94. The average molecular weight is 325 g/mol. The van der Waals surface area contributed by atoms with Crippen LogP contribution in [-0.4, -0.2) is 4.98 Å². The molecule has 0 N–H and O–H groups in total. The molecule has 1 unspecified atom stereocenters. The molecule has 2 rings (SSSR count). The lowest BCUT2D eigenvalue weighted by Gasteiger charge is -2.01. The molecule has 0 saturated carbocycles. The normalized spacial score (nSPS) is 12.1. The highest BCUT2D eigenvalue weighted by Gasteiger charge is 2.15. The van der Waals surface area contributed by atoms with Crippen LogP contribution in [0, 0.1) is 17.1 Å². The quantitative estimate of drug-likeness (QED) is 0.818. The fourth-order valence-electron chi connectivity index (χ4n) is 1.60. The summed E-state index contributed by atoms with van der Waals surface area (Å²) in [6.07, 6.45) is 0.709. The summed E-state index contributed by atoms with van der Waals surface area (Å²) < 4.78 is 14.5. The van der Waals surface area contributed by atoms with Gasteiger partial charge >= 0.3 is 0 Å². The standard InChI is InChI=1S/C13H10BrFN2S/c1-2-8(6-16)12-7-18-13(17-12)10-5-9(14)3-4-11(10)15/h3-5,7-8H,2H2,1H3. The van der Waals surface area contributed by atoms with Crippen molar-refractivity contribution in [3.63, 3.8) is 0 Å². The van der Waals surface area contributed by atoms with Gasteiger partial charge < -0.3 is 0 Å². The van der Waals surface area contributed by atoms with Gasteiger partial charge in [-0.05, 0) is 24.6 Å². The molecule has 1 heterocycles. The molecule has 5 heteroatoms. The van der Waals surface area contributed by atoms with E-state index in [1.807, 2.05) is 12.3 Å². The van der Waals surface area contributed by atoms with Crippen molar-refractivity contribution in [2.24, 2.45) is 0 Å². The van der Waals surface area contributed by atoms with Gasteiger partial charge in [-0.1, -0.05) is 22.9 Å². The van der Waals surface area contributed by atoms with Gasteiger partial charge in [-0.15, -0.1) is 11.3 Å². The van der Waals surface area contributed by atoms with Gasteiger partial charge in [-0.25, -0.2) is 9.37 Å². The minimum Gasteiger partial charge on any atom is -0.240 e. The predicted octanol–water partition coefficient (Wildman–Crippen LogP) is 4.73. The summed E-state index contributed by atoms with van der Waals surface area (Å²) in [7, 11) is 0. The summed E-state index contributed by atoms with van der Waals surface area (Å²) >= 11 is 4.68. The molecule has 1 atom stereocenters. The molecule has 0 amide bonds. The van der Waals surface area contributed by atoms with Crippen LogP contribution in [0.1, 0.15) is 25.0 Å². The molecule has 1 aromatic carbocycles. The Hall–Kier alpha value is -1.25. The van der Waals surface area contributed by atoms with E-state index >= 15 is 0 Å². The number of nitrogens with zero attached hydrogens (tertiary/aromatic N) is 2. The van der Waals surface area contributed by atoms with Crippen LogP contribution in [0.25, 0.3) is 10.6 Å². The Bertz CT molecular complexity index is 603. The molecule has 0 aliphatic rings. The highest BCUT2D eigenvalue weighted by atomic mass is 79.9. The minimum atomic E-state index is -0.302. The number of benzene rings is 1. The summed E-state index contributed by atoms with van der Waals surface area (Å²) in [5.41, 5.74) is 1.19. The fourth-order valence-corrected chi connectivity index (χ4v) is 2.85. The number of aromatic nitrogens is 1. The number of thiazole rings is 1. The highest BCUT2D eigenvalue weighted by Crippen LogP contribution is 2.31. The maximum Gasteiger partial charge on any atom is 0.133 e. The predicted molar refractivity (Wildman–Crippen MR) is 73.9 cm³/mol. The summed E-state index contributed by atoms with van der Waals surface area (Å²) in [6, 6.07) is 6.95. The zero-order valence-electron chi connectivity index (χ0n) is 9.65. The van der Waals surface area contributed by atoms with Crippen molar-refractivity contribution in [2.45, 2.75) is 19.3 Å². The number of nitriles is 1. The molecule has 0 bridgehead atoms. The Kier molecular flexibility index (Phi) is 4.10. The van der Waals surface area contributed by atoms with Crippen molar-refractivity contribution >= 4 is 27.3 Å². The molecule has 2 aromatic rings. The zero-order chi connectivity index (χ0) is 13.1. The first-order chi connectivity index (χ1) is 8.65. The third-order valence-electron chi connectivity index (χ3n) is 2.60. The third kappa shape index (κ3) is 2.60. The van der Waals surface area contributed by atoms with Gasteiger partial charge in [0.2, 0.25) is 0 Å². The van der Waals surface area contributed by atoms with Crippen LogP contribution >= 0.6 is 27.3 Å². The van der Waals surface area contributed by atoms with Gasteiger partial charge in [0, 0.05) is 15.4 Å². The molecule has 0 saturated heterocycles. The summed E-state index contributed by atoms with van der Waals surface area (Å²) in [6.45, 7) is 1.94. The highest BCUT2D eigenvalue weighted by molar-refractivity contribution is 9.10. The van der Waals surface area contributed by atoms with Crippen molar-refractivity contribution in [1.29, 1.82) is 5.26 Å². The van der Waals surface area contributed by atoms with Crippen molar-refractivity contribution in [3.8, 4) is 16.6 Å². The second-order valence-corrected chi connectivity index (χ2v) is 5.57. The number of halogens is 2. The first-order valence-electron chi connectivity index (χ1n) is 5.46. The Morgan fingerprint density at radius 2 is 2.33 bits per heavy atom. The van der Waals surface area contributed by atoms with E-state index in [1.165, 1.54) is 17.4 Å². The Balaban J connectivity index is 2.41. The van der Waals surface area contributed by atoms with E-state index in [4.69, 9.17) is 5.26 Å². The van der Waals surface area contributed by atoms with Gasteiger partial charge in [-0.2, -0.15) is 5.26 Å². The van der Waals surface area contributed by atoms with Gasteiger partial charge in [0.05, 0.1) is 17.7 Å². The molecule has 0 aliphatic carbocycles. The maximum absolute atomic E-state index is 13.7. The smallest absolute Gasteiger partial charge is 0.133 e. The number of hydrogen-bond donors (Lipinski definition) is 0. The Morgan fingerprint density at radius 1 is 1.56 bits per heavy atom. The molecule has 0 aliphatic heterocycles. The lowest BCUT2D eigenvalue weighted by molar-refractivity contribution is 0.631. The molecular formula is C13H10BrFN2S. The van der Waals surface area contributed by atoms with Crippen molar-refractivity contribution in [3.05, 3.63) is 39.6 Å². The topological polar surface area (TPSA) is 36.7 Å². The Labute approximate surface area is 117 Å². The SMILES string of the molecule is CCC(C#N)c1csc(-c2cc(Br)ccc2F)n1. The van der Waals surface area contributed by atoms with Crippen molar-refractivity contribution < 1.29 is 4.39 Å². The van der Waals surface area contributed by atoms with Crippen LogP contribution in [0.4, 0.5) is 4.39 Å². The molecule has 92 valence electrons. The van der Waals surface area contributed by atoms with E-state index in [0.717, 1.165) is 10.2 Å². The largest absolute Gasteiger partial charge is 0.240 e. The van der Waals surface area contributed by atoms with E-state index < -0.39 is 0 Å². The van der Waals surface area contributed by atoms with Crippen LogP contribution in [-0.2, 0) is 0 Å². The monoisotopic (exact) mass is 324 g/mol. The molecule has 0 radical (unpaired) electrons. The second-order valence-electron chi connectivity index (χ2n) is 3.79. The number of hydrogen-bond acceptors (Lipinski definition) is 3. The van der Waals surface area contributed by atoms with E-state index in [-0.39, 0.29) is 11.7 Å². The first-order valence-corrected chi connectivity index (χ1v) is 7.13. The van der Waals surface area contributed by atoms with E-state index in [2.05, 4.69) is 27.0 Å². The molecular weight excluding hydrogens is 315 g/mol. The zero-order valence-corrected chi connectivity index (χ0v) is 12.1. The molecule has 2 nitrogen and oxygen atoms in total. The summed E-state index contributed by atoms with van der Waals surface area (Å²) in [5, 5.41) is 11.4. The number of rotatable bonds is 3. The lowest BCUT2D eigenvalue weighted by atomic mass is 10.1.